The highest BCUT2D eigenvalue weighted by Crippen LogP contribution is 2.20. The fourth-order valence-corrected chi connectivity index (χ4v) is 1.49. The van der Waals surface area contributed by atoms with Crippen molar-refractivity contribution in [2.75, 3.05) is 6.54 Å². The lowest BCUT2D eigenvalue weighted by atomic mass is 10.1. The Balaban J connectivity index is 2.43. The van der Waals surface area contributed by atoms with Crippen molar-refractivity contribution in [1.82, 2.24) is 0 Å². The summed E-state index contributed by atoms with van der Waals surface area (Å²) in [5.41, 5.74) is 7.62. The molecule has 0 saturated carbocycles. The van der Waals surface area contributed by atoms with Crippen LogP contribution < -0.4 is 5.73 Å². The van der Waals surface area contributed by atoms with Crippen LogP contribution in [0.25, 0.3) is 11.0 Å². The minimum Gasteiger partial charge on any atom is -0.464 e. The first-order valence-electron chi connectivity index (χ1n) is 5.09. The van der Waals surface area contributed by atoms with Crippen LogP contribution in [0.15, 0.2) is 39.9 Å². The maximum Gasteiger partial charge on any atom is 0.134 e. The second-order valence-corrected chi connectivity index (χ2v) is 3.41. The van der Waals surface area contributed by atoms with E-state index >= 15 is 0 Å². The summed E-state index contributed by atoms with van der Waals surface area (Å²) in [7, 11) is 0. The van der Waals surface area contributed by atoms with Gasteiger partial charge in [-0.2, -0.15) is 0 Å². The number of benzene rings is 1. The molecule has 0 unspecified atom stereocenters. The average Bonchev–Trinajstić information content (AvgIpc) is 2.69. The second kappa shape index (κ2) is 4.17. The molecule has 0 bridgehead atoms. The number of fused-ring (bicyclic) bond motifs is 1. The first-order chi connectivity index (χ1) is 7.33. The molecule has 0 atom stereocenters. The largest absolute Gasteiger partial charge is 0.464 e. The van der Waals surface area contributed by atoms with Gasteiger partial charge in [-0.15, -0.1) is 0 Å². The number of nitrogens with zero attached hydrogens (tertiary/aromatic N) is 1. The Morgan fingerprint density at radius 2 is 2.20 bits per heavy atom. The van der Waals surface area contributed by atoms with Crippen LogP contribution in [0.5, 0.6) is 0 Å². The number of aliphatic imine (C=N–C) groups is 1. The average molecular weight is 202 g/mol. The second-order valence-electron chi connectivity index (χ2n) is 3.41. The summed E-state index contributed by atoms with van der Waals surface area (Å²) in [4.78, 5) is 4.27. The van der Waals surface area contributed by atoms with Gasteiger partial charge in [0.05, 0.1) is 5.56 Å². The number of hydrogen-bond donors (Lipinski definition) is 1. The highest BCUT2D eigenvalue weighted by Gasteiger charge is 2.07. The number of rotatable bonds is 3. The summed E-state index contributed by atoms with van der Waals surface area (Å²) in [6, 6.07) is 7.82. The number of amidine groups is 1. The van der Waals surface area contributed by atoms with Crippen LogP contribution in [-0.2, 0) is 0 Å². The summed E-state index contributed by atoms with van der Waals surface area (Å²) >= 11 is 0. The van der Waals surface area contributed by atoms with Crippen molar-refractivity contribution in [3.63, 3.8) is 0 Å². The normalized spacial score (nSPS) is 12.2. The lowest BCUT2D eigenvalue weighted by molar-refractivity contribution is 0.615. The fourth-order valence-electron chi connectivity index (χ4n) is 1.49. The first-order valence-corrected chi connectivity index (χ1v) is 5.09. The van der Waals surface area contributed by atoms with Gasteiger partial charge in [-0.25, -0.2) is 0 Å². The minimum atomic E-state index is 0.557. The lowest BCUT2D eigenvalue weighted by Gasteiger charge is -1.96. The number of hydrogen-bond acceptors (Lipinski definition) is 2. The molecule has 0 aliphatic rings. The summed E-state index contributed by atoms with van der Waals surface area (Å²) in [6.45, 7) is 2.83. The van der Waals surface area contributed by atoms with Gasteiger partial charge in [-0.3, -0.25) is 4.99 Å². The molecule has 0 saturated heterocycles. The molecule has 3 nitrogen and oxygen atoms in total. The van der Waals surface area contributed by atoms with Crippen molar-refractivity contribution in [3.8, 4) is 0 Å². The van der Waals surface area contributed by atoms with Gasteiger partial charge in [0.15, 0.2) is 0 Å². The lowest BCUT2D eigenvalue weighted by Crippen LogP contribution is -2.13. The molecule has 2 rings (SSSR count). The fraction of sp³-hybridized carbons (Fsp3) is 0.250. The molecule has 0 radical (unpaired) electrons. The van der Waals surface area contributed by atoms with Crippen LogP contribution in [0, 0.1) is 0 Å². The van der Waals surface area contributed by atoms with Crippen LogP contribution in [0.1, 0.15) is 18.9 Å². The number of furan rings is 1. The maximum absolute atomic E-state index is 5.88. The predicted octanol–water partition coefficient (Wildman–Crippen LogP) is 2.55. The summed E-state index contributed by atoms with van der Waals surface area (Å²) in [6.07, 6.45) is 2.66. The zero-order valence-electron chi connectivity index (χ0n) is 8.73. The van der Waals surface area contributed by atoms with Gasteiger partial charge in [-0.05, 0) is 12.5 Å². The van der Waals surface area contributed by atoms with Crippen molar-refractivity contribution in [1.29, 1.82) is 0 Å². The van der Waals surface area contributed by atoms with Crippen LogP contribution >= 0.6 is 0 Å². The van der Waals surface area contributed by atoms with E-state index in [1.807, 2.05) is 24.3 Å². The number of para-hydroxylation sites is 1. The third-order valence-electron chi connectivity index (χ3n) is 2.26. The Hall–Kier alpha value is -1.77. The smallest absolute Gasteiger partial charge is 0.134 e. The van der Waals surface area contributed by atoms with E-state index in [0.717, 1.165) is 29.5 Å². The van der Waals surface area contributed by atoms with Gasteiger partial charge in [0.1, 0.15) is 17.7 Å². The third kappa shape index (κ3) is 1.86. The SMILES string of the molecule is CCCN=C(N)c1coc2ccccc12. The van der Waals surface area contributed by atoms with Crippen molar-refractivity contribution in [2.45, 2.75) is 13.3 Å². The van der Waals surface area contributed by atoms with Crippen LogP contribution in [0.3, 0.4) is 0 Å². The van der Waals surface area contributed by atoms with Crippen molar-refractivity contribution >= 4 is 16.8 Å². The monoisotopic (exact) mass is 202 g/mol. The van der Waals surface area contributed by atoms with Crippen molar-refractivity contribution < 1.29 is 4.42 Å². The van der Waals surface area contributed by atoms with Crippen molar-refractivity contribution in [2.24, 2.45) is 10.7 Å². The Morgan fingerprint density at radius 1 is 1.40 bits per heavy atom. The highest BCUT2D eigenvalue weighted by atomic mass is 16.3. The van der Waals surface area contributed by atoms with Gasteiger partial charge in [-0.1, -0.05) is 25.1 Å². The molecular weight excluding hydrogens is 188 g/mol. The predicted molar refractivity (Wildman–Crippen MR) is 62.1 cm³/mol. The molecule has 0 fully saturated rings. The molecule has 0 aliphatic carbocycles. The molecule has 1 aromatic heterocycles. The molecule has 15 heavy (non-hydrogen) atoms. The molecule has 0 aliphatic heterocycles. The Labute approximate surface area is 88.6 Å². The Kier molecular flexibility index (Phi) is 2.72. The van der Waals surface area contributed by atoms with Crippen molar-refractivity contribution in [3.05, 3.63) is 36.1 Å². The Bertz CT molecular complexity index is 485. The molecule has 78 valence electrons. The van der Waals surface area contributed by atoms with E-state index in [4.69, 9.17) is 10.2 Å². The first kappa shape index (κ1) is 9.77. The van der Waals surface area contributed by atoms with Crippen LogP contribution in [0.2, 0.25) is 0 Å². The van der Waals surface area contributed by atoms with Crippen LogP contribution in [0.4, 0.5) is 0 Å². The van der Waals surface area contributed by atoms with Gasteiger partial charge >= 0.3 is 0 Å². The highest BCUT2D eigenvalue weighted by molar-refractivity contribution is 6.07. The third-order valence-corrected chi connectivity index (χ3v) is 2.26. The summed E-state index contributed by atoms with van der Waals surface area (Å²) in [5.74, 6) is 0.557. The zero-order chi connectivity index (χ0) is 10.7. The van der Waals surface area contributed by atoms with E-state index in [1.54, 1.807) is 6.26 Å². The number of nitrogens with two attached hydrogens (primary N) is 1. The molecule has 0 amide bonds. The van der Waals surface area contributed by atoms with E-state index in [0.29, 0.717) is 5.84 Å². The molecule has 2 aromatic rings. The standard InChI is InChI=1S/C12H14N2O/c1-2-7-14-12(13)10-8-15-11-6-4-3-5-9(10)11/h3-6,8H,2,7H2,1H3,(H2,13,14). The van der Waals surface area contributed by atoms with E-state index in [9.17, 15) is 0 Å². The molecule has 1 aromatic carbocycles. The van der Waals surface area contributed by atoms with Gasteiger partial charge in [0.2, 0.25) is 0 Å². The molecular formula is C12H14N2O. The maximum atomic E-state index is 5.88. The molecule has 1 heterocycles. The molecule has 2 N–H and O–H groups in total. The molecule has 0 spiro atoms. The van der Waals surface area contributed by atoms with E-state index in [1.165, 1.54) is 0 Å². The topological polar surface area (TPSA) is 51.5 Å². The van der Waals surface area contributed by atoms with E-state index in [-0.39, 0.29) is 0 Å². The van der Waals surface area contributed by atoms with E-state index in [2.05, 4.69) is 11.9 Å². The van der Waals surface area contributed by atoms with Gasteiger partial charge in [0, 0.05) is 11.9 Å². The summed E-state index contributed by atoms with van der Waals surface area (Å²) < 4.78 is 5.39. The van der Waals surface area contributed by atoms with Gasteiger partial charge < -0.3 is 10.2 Å². The zero-order valence-corrected chi connectivity index (χ0v) is 8.73. The molecule has 3 heteroatoms. The minimum absolute atomic E-state index is 0.557. The Morgan fingerprint density at radius 3 is 3.00 bits per heavy atom. The van der Waals surface area contributed by atoms with Gasteiger partial charge in [0.25, 0.3) is 0 Å². The van der Waals surface area contributed by atoms with E-state index < -0.39 is 0 Å². The summed E-state index contributed by atoms with van der Waals surface area (Å²) in [5, 5.41) is 1.02. The quantitative estimate of drug-likeness (QED) is 0.614. The van der Waals surface area contributed by atoms with Crippen LogP contribution in [-0.4, -0.2) is 12.4 Å².